The predicted octanol–water partition coefficient (Wildman–Crippen LogP) is 0.182. The summed E-state index contributed by atoms with van der Waals surface area (Å²) < 4.78 is 0. The van der Waals surface area contributed by atoms with Crippen molar-refractivity contribution in [3.63, 3.8) is 0 Å². The van der Waals surface area contributed by atoms with Crippen LogP contribution in [0.2, 0.25) is 0 Å². The standard InChI is InChI=1S/C11H23N3O/c1-9(12)11(15)13-6-5-10-4-3-7-14(2)8-10/h9-10H,3-8,12H2,1-2H3,(H,13,15). The molecule has 2 unspecified atom stereocenters. The molecule has 0 bridgehead atoms. The van der Waals surface area contributed by atoms with Crippen molar-refractivity contribution < 1.29 is 4.79 Å². The van der Waals surface area contributed by atoms with Crippen LogP contribution in [-0.2, 0) is 4.79 Å². The van der Waals surface area contributed by atoms with E-state index in [9.17, 15) is 4.79 Å². The van der Waals surface area contributed by atoms with Crippen molar-refractivity contribution in [3.8, 4) is 0 Å². The maximum absolute atomic E-state index is 11.2. The number of carbonyl (C=O) groups excluding carboxylic acids is 1. The first-order valence-electron chi connectivity index (χ1n) is 5.81. The quantitative estimate of drug-likeness (QED) is 0.700. The Bertz CT molecular complexity index is 206. The Hall–Kier alpha value is -0.610. The van der Waals surface area contributed by atoms with E-state index in [1.54, 1.807) is 6.92 Å². The maximum Gasteiger partial charge on any atom is 0.236 e. The van der Waals surface area contributed by atoms with Crippen LogP contribution in [0.15, 0.2) is 0 Å². The summed E-state index contributed by atoms with van der Waals surface area (Å²) in [7, 11) is 2.16. The maximum atomic E-state index is 11.2. The van der Waals surface area contributed by atoms with Gasteiger partial charge in [-0.05, 0) is 45.7 Å². The molecule has 88 valence electrons. The lowest BCUT2D eigenvalue weighted by atomic mass is 9.95. The van der Waals surface area contributed by atoms with Gasteiger partial charge in [0.25, 0.3) is 0 Å². The van der Waals surface area contributed by atoms with Gasteiger partial charge in [-0.1, -0.05) is 0 Å². The molecule has 1 aliphatic rings. The van der Waals surface area contributed by atoms with E-state index in [0.717, 1.165) is 25.4 Å². The second-order valence-electron chi connectivity index (χ2n) is 4.64. The highest BCUT2D eigenvalue weighted by molar-refractivity contribution is 5.80. The van der Waals surface area contributed by atoms with Crippen LogP contribution in [0.1, 0.15) is 26.2 Å². The monoisotopic (exact) mass is 213 g/mol. The SMILES string of the molecule is CC(N)C(=O)NCCC1CCCN(C)C1. The summed E-state index contributed by atoms with van der Waals surface area (Å²) in [4.78, 5) is 13.6. The molecule has 4 heteroatoms. The molecule has 0 radical (unpaired) electrons. The fraction of sp³-hybridized carbons (Fsp3) is 0.909. The van der Waals surface area contributed by atoms with Crippen molar-refractivity contribution in [1.82, 2.24) is 10.2 Å². The Kier molecular flexibility index (Phi) is 5.05. The molecule has 4 nitrogen and oxygen atoms in total. The fourth-order valence-corrected chi connectivity index (χ4v) is 2.07. The minimum atomic E-state index is -0.390. The molecule has 1 amide bonds. The third-order valence-corrected chi connectivity index (χ3v) is 2.99. The lowest BCUT2D eigenvalue weighted by molar-refractivity contribution is -0.122. The van der Waals surface area contributed by atoms with Crippen LogP contribution >= 0.6 is 0 Å². The summed E-state index contributed by atoms with van der Waals surface area (Å²) in [6, 6.07) is -0.390. The van der Waals surface area contributed by atoms with Gasteiger partial charge in [0.2, 0.25) is 5.91 Å². The number of nitrogens with zero attached hydrogens (tertiary/aromatic N) is 1. The third kappa shape index (κ3) is 4.62. The van der Waals surface area contributed by atoms with Crippen molar-refractivity contribution >= 4 is 5.91 Å². The molecule has 0 spiro atoms. The van der Waals surface area contributed by atoms with Crippen molar-refractivity contribution in [2.75, 3.05) is 26.7 Å². The molecule has 1 rings (SSSR count). The first kappa shape index (κ1) is 12.5. The number of amides is 1. The number of hydrogen-bond acceptors (Lipinski definition) is 3. The van der Waals surface area contributed by atoms with E-state index in [0.29, 0.717) is 0 Å². The van der Waals surface area contributed by atoms with Crippen molar-refractivity contribution in [2.24, 2.45) is 11.7 Å². The smallest absolute Gasteiger partial charge is 0.236 e. The Morgan fingerprint density at radius 1 is 1.67 bits per heavy atom. The molecule has 0 aromatic heterocycles. The van der Waals surface area contributed by atoms with Gasteiger partial charge in [-0.3, -0.25) is 4.79 Å². The lowest BCUT2D eigenvalue weighted by Gasteiger charge is -2.29. The molecular weight excluding hydrogens is 190 g/mol. The van der Waals surface area contributed by atoms with Gasteiger partial charge in [0.05, 0.1) is 6.04 Å². The van der Waals surface area contributed by atoms with Gasteiger partial charge in [-0.15, -0.1) is 0 Å². The Balaban J connectivity index is 2.11. The van der Waals surface area contributed by atoms with Crippen LogP contribution < -0.4 is 11.1 Å². The van der Waals surface area contributed by atoms with Gasteiger partial charge in [0.1, 0.15) is 0 Å². The van der Waals surface area contributed by atoms with Gasteiger partial charge in [-0.2, -0.15) is 0 Å². The summed E-state index contributed by atoms with van der Waals surface area (Å²) >= 11 is 0. The van der Waals surface area contributed by atoms with Crippen LogP contribution in [0.3, 0.4) is 0 Å². The molecule has 1 fully saturated rings. The van der Waals surface area contributed by atoms with Crippen LogP contribution in [-0.4, -0.2) is 43.5 Å². The average Bonchev–Trinajstić information content (AvgIpc) is 2.17. The van der Waals surface area contributed by atoms with E-state index in [4.69, 9.17) is 5.73 Å². The molecule has 0 aromatic carbocycles. The van der Waals surface area contributed by atoms with Gasteiger partial charge in [0.15, 0.2) is 0 Å². The number of nitrogens with one attached hydrogen (secondary N) is 1. The van der Waals surface area contributed by atoms with Gasteiger partial charge in [0, 0.05) is 13.1 Å². The number of nitrogens with two attached hydrogens (primary N) is 1. The van der Waals surface area contributed by atoms with Crippen molar-refractivity contribution in [3.05, 3.63) is 0 Å². The van der Waals surface area contributed by atoms with Crippen molar-refractivity contribution in [1.29, 1.82) is 0 Å². The Morgan fingerprint density at radius 3 is 3.00 bits per heavy atom. The van der Waals surface area contributed by atoms with Gasteiger partial charge in [-0.25, -0.2) is 0 Å². The molecule has 0 aliphatic carbocycles. The topological polar surface area (TPSA) is 58.4 Å². The molecule has 0 aromatic rings. The van der Waals surface area contributed by atoms with E-state index >= 15 is 0 Å². The molecule has 1 aliphatic heterocycles. The molecular formula is C11H23N3O. The van der Waals surface area contributed by atoms with Crippen LogP contribution in [0.4, 0.5) is 0 Å². The summed E-state index contributed by atoms with van der Waals surface area (Å²) in [6.07, 6.45) is 3.64. The summed E-state index contributed by atoms with van der Waals surface area (Å²) in [5.41, 5.74) is 5.46. The average molecular weight is 213 g/mol. The normalized spacial score (nSPS) is 24.9. The highest BCUT2D eigenvalue weighted by Crippen LogP contribution is 2.17. The minimum absolute atomic E-state index is 0.0424. The van der Waals surface area contributed by atoms with Gasteiger partial charge < -0.3 is 16.0 Å². The predicted molar refractivity (Wildman–Crippen MR) is 61.5 cm³/mol. The number of likely N-dealkylation sites (tertiary alicyclic amines) is 1. The summed E-state index contributed by atoms with van der Waals surface area (Å²) in [5, 5.41) is 2.86. The van der Waals surface area contributed by atoms with E-state index in [1.807, 2.05) is 0 Å². The van der Waals surface area contributed by atoms with E-state index in [-0.39, 0.29) is 11.9 Å². The molecule has 2 atom stereocenters. The second-order valence-corrected chi connectivity index (χ2v) is 4.64. The Labute approximate surface area is 92.2 Å². The van der Waals surface area contributed by atoms with Crippen LogP contribution in [0, 0.1) is 5.92 Å². The largest absolute Gasteiger partial charge is 0.355 e. The highest BCUT2D eigenvalue weighted by Gasteiger charge is 2.17. The first-order chi connectivity index (χ1) is 7.09. The van der Waals surface area contributed by atoms with Gasteiger partial charge >= 0.3 is 0 Å². The highest BCUT2D eigenvalue weighted by atomic mass is 16.2. The molecule has 1 heterocycles. The van der Waals surface area contributed by atoms with Crippen LogP contribution in [0.25, 0.3) is 0 Å². The zero-order valence-electron chi connectivity index (χ0n) is 9.83. The number of piperidine rings is 1. The Morgan fingerprint density at radius 2 is 2.40 bits per heavy atom. The molecule has 1 saturated heterocycles. The second kappa shape index (κ2) is 6.08. The molecule has 0 saturated carbocycles. The lowest BCUT2D eigenvalue weighted by Crippen LogP contribution is -2.40. The van der Waals surface area contributed by atoms with E-state index in [1.165, 1.54) is 19.4 Å². The zero-order chi connectivity index (χ0) is 11.3. The summed E-state index contributed by atoms with van der Waals surface area (Å²) in [6.45, 7) is 4.85. The number of hydrogen-bond donors (Lipinski definition) is 2. The number of rotatable bonds is 4. The van der Waals surface area contributed by atoms with E-state index in [2.05, 4.69) is 17.3 Å². The fourth-order valence-electron chi connectivity index (χ4n) is 2.07. The zero-order valence-corrected chi connectivity index (χ0v) is 9.83. The summed E-state index contributed by atoms with van der Waals surface area (Å²) in [5.74, 6) is 0.691. The number of carbonyl (C=O) groups is 1. The third-order valence-electron chi connectivity index (χ3n) is 2.99. The molecule has 3 N–H and O–H groups in total. The van der Waals surface area contributed by atoms with E-state index < -0.39 is 0 Å². The van der Waals surface area contributed by atoms with Crippen LogP contribution in [0.5, 0.6) is 0 Å². The van der Waals surface area contributed by atoms with Crippen molar-refractivity contribution in [2.45, 2.75) is 32.2 Å². The minimum Gasteiger partial charge on any atom is -0.355 e. The molecule has 15 heavy (non-hydrogen) atoms. The first-order valence-corrected chi connectivity index (χ1v) is 5.81.